The molecule has 4 nitrogen and oxygen atoms in total. The Morgan fingerprint density at radius 2 is 1.83 bits per heavy atom. The van der Waals surface area contributed by atoms with Crippen molar-refractivity contribution >= 4 is 17.4 Å². The maximum Gasteiger partial charge on any atom is 0.392 e. The van der Waals surface area contributed by atoms with Crippen LogP contribution in [-0.4, -0.2) is 30.2 Å². The Morgan fingerprint density at radius 1 is 1.12 bits per heavy atom. The molecule has 1 saturated carbocycles. The summed E-state index contributed by atoms with van der Waals surface area (Å²) < 4.78 is 39.3. The molecule has 1 aliphatic carbocycles. The molecule has 7 heteroatoms. The van der Waals surface area contributed by atoms with Gasteiger partial charge in [-0.25, -0.2) is 4.98 Å². The summed E-state index contributed by atoms with van der Waals surface area (Å²) in [7, 11) is 0. The normalized spacial score (nSPS) is 24.9. The molecule has 0 spiro atoms. The minimum absolute atomic E-state index is 0.0307. The molecule has 1 aromatic rings. The molecular formula is C17H22F3N3O. The van der Waals surface area contributed by atoms with E-state index >= 15 is 0 Å². The number of nitrogens with one attached hydrogen (secondary N) is 1. The number of carbonyl (C=O) groups is 1. The number of rotatable bonds is 3. The topological polar surface area (TPSA) is 45.2 Å². The number of alkyl halides is 3. The van der Waals surface area contributed by atoms with Crippen LogP contribution in [0.1, 0.15) is 38.5 Å². The third kappa shape index (κ3) is 3.82. The Balaban J connectivity index is 1.65. The van der Waals surface area contributed by atoms with Gasteiger partial charge in [0.2, 0.25) is 5.91 Å². The summed E-state index contributed by atoms with van der Waals surface area (Å²) in [6.07, 6.45) is 1.14. The molecule has 0 radical (unpaired) electrons. The fraction of sp³-hybridized carbons (Fsp3) is 0.647. The van der Waals surface area contributed by atoms with Gasteiger partial charge in [0, 0.05) is 19.0 Å². The van der Waals surface area contributed by atoms with Gasteiger partial charge >= 0.3 is 6.18 Å². The smallest absolute Gasteiger partial charge is 0.370 e. The zero-order chi connectivity index (χ0) is 17.2. The molecule has 2 aliphatic rings. The van der Waals surface area contributed by atoms with E-state index in [1.165, 1.54) is 0 Å². The van der Waals surface area contributed by atoms with Crippen LogP contribution >= 0.6 is 0 Å². The van der Waals surface area contributed by atoms with Crippen molar-refractivity contribution in [1.29, 1.82) is 0 Å². The average Bonchev–Trinajstić information content (AvgIpc) is 3.09. The second-order valence-corrected chi connectivity index (χ2v) is 6.62. The van der Waals surface area contributed by atoms with Crippen molar-refractivity contribution in [2.45, 2.75) is 44.7 Å². The van der Waals surface area contributed by atoms with Crippen molar-refractivity contribution in [2.24, 2.45) is 11.8 Å². The number of amides is 1. The van der Waals surface area contributed by atoms with Crippen LogP contribution < -0.4 is 10.2 Å². The Bertz CT molecular complexity index is 567. The van der Waals surface area contributed by atoms with E-state index in [0.717, 1.165) is 31.6 Å². The predicted molar refractivity (Wildman–Crippen MR) is 85.8 cm³/mol. The van der Waals surface area contributed by atoms with Crippen LogP contribution in [0.5, 0.6) is 0 Å². The summed E-state index contributed by atoms with van der Waals surface area (Å²) in [5.41, 5.74) is 0.983. The number of hydrogen-bond acceptors (Lipinski definition) is 3. The molecule has 1 amide bonds. The van der Waals surface area contributed by atoms with Crippen LogP contribution in [0.25, 0.3) is 0 Å². The van der Waals surface area contributed by atoms with Crippen molar-refractivity contribution in [3.63, 3.8) is 0 Å². The summed E-state index contributed by atoms with van der Waals surface area (Å²) >= 11 is 0. The van der Waals surface area contributed by atoms with Gasteiger partial charge in [-0.05, 0) is 37.8 Å². The maximum atomic E-state index is 13.1. The number of nitrogens with zero attached hydrogens (tertiary/aromatic N) is 2. The number of carbonyl (C=O) groups excluding carboxylic acids is 1. The van der Waals surface area contributed by atoms with Gasteiger partial charge in [0.05, 0.1) is 17.8 Å². The lowest BCUT2D eigenvalue weighted by atomic mass is 9.78. The number of hydrogen-bond donors (Lipinski definition) is 1. The fourth-order valence-electron chi connectivity index (χ4n) is 3.68. The van der Waals surface area contributed by atoms with E-state index in [2.05, 4.69) is 15.2 Å². The van der Waals surface area contributed by atoms with Crippen LogP contribution in [0.3, 0.4) is 0 Å². The molecule has 132 valence electrons. The van der Waals surface area contributed by atoms with Crippen LogP contribution in [0.4, 0.5) is 24.7 Å². The SMILES string of the molecule is O=C(Nc1ccc(N2CCCC2)cn1)C1CCCCC1C(F)(F)F. The van der Waals surface area contributed by atoms with Crippen molar-refractivity contribution in [3.8, 4) is 0 Å². The molecule has 2 atom stereocenters. The van der Waals surface area contributed by atoms with Gasteiger partial charge in [0.1, 0.15) is 5.82 Å². The van der Waals surface area contributed by atoms with E-state index in [0.29, 0.717) is 18.7 Å². The molecule has 2 heterocycles. The Morgan fingerprint density at radius 3 is 2.46 bits per heavy atom. The van der Waals surface area contributed by atoms with Crippen molar-refractivity contribution < 1.29 is 18.0 Å². The van der Waals surface area contributed by atoms with Crippen LogP contribution in [0, 0.1) is 11.8 Å². The van der Waals surface area contributed by atoms with E-state index in [1.54, 1.807) is 12.3 Å². The highest BCUT2D eigenvalue weighted by molar-refractivity contribution is 5.92. The van der Waals surface area contributed by atoms with Crippen molar-refractivity contribution in [2.75, 3.05) is 23.3 Å². The summed E-state index contributed by atoms with van der Waals surface area (Å²) in [4.78, 5) is 18.7. The molecule has 2 fully saturated rings. The summed E-state index contributed by atoms with van der Waals surface area (Å²) in [6, 6.07) is 3.52. The highest BCUT2D eigenvalue weighted by atomic mass is 19.4. The molecule has 1 saturated heterocycles. The summed E-state index contributed by atoms with van der Waals surface area (Å²) in [6.45, 7) is 1.98. The second-order valence-electron chi connectivity index (χ2n) is 6.62. The minimum atomic E-state index is -4.32. The van der Waals surface area contributed by atoms with Crippen LogP contribution in [-0.2, 0) is 4.79 Å². The quantitative estimate of drug-likeness (QED) is 0.904. The standard InChI is InChI=1S/C17H22F3N3O/c18-17(19,20)14-6-2-1-5-13(14)16(24)22-15-8-7-12(11-21-15)23-9-3-4-10-23/h7-8,11,13-14H,1-6,9-10H2,(H,21,22,24). The first kappa shape index (κ1) is 17.0. The molecule has 24 heavy (non-hydrogen) atoms. The highest BCUT2D eigenvalue weighted by Crippen LogP contribution is 2.41. The molecule has 3 rings (SSSR count). The lowest BCUT2D eigenvalue weighted by Gasteiger charge is -2.31. The highest BCUT2D eigenvalue weighted by Gasteiger charge is 2.48. The zero-order valence-electron chi connectivity index (χ0n) is 13.5. The maximum absolute atomic E-state index is 13.1. The first-order valence-corrected chi connectivity index (χ1v) is 8.54. The number of aromatic nitrogens is 1. The van der Waals surface area contributed by atoms with Gasteiger partial charge in [-0.3, -0.25) is 4.79 Å². The number of pyridine rings is 1. The van der Waals surface area contributed by atoms with Gasteiger partial charge in [0.25, 0.3) is 0 Å². The fourth-order valence-corrected chi connectivity index (χ4v) is 3.68. The van der Waals surface area contributed by atoms with Gasteiger partial charge < -0.3 is 10.2 Å². The Labute approximate surface area is 139 Å². The second kappa shape index (κ2) is 6.99. The van der Waals surface area contributed by atoms with Crippen LogP contribution in [0.15, 0.2) is 18.3 Å². The minimum Gasteiger partial charge on any atom is -0.370 e. The first-order valence-electron chi connectivity index (χ1n) is 8.54. The molecule has 1 aliphatic heterocycles. The third-order valence-electron chi connectivity index (χ3n) is 4.99. The van der Waals surface area contributed by atoms with Crippen LogP contribution in [0.2, 0.25) is 0 Å². The Hall–Kier alpha value is -1.79. The lowest BCUT2D eigenvalue weighted by Crippen LogP contribution is -2.39. The van der Waals surface area contributed by atoms with Gasteiger partial charge in [-0.15, -0.1) is 0 Å². The Kier molecular flexibility index (Phi) is 4.96. The average molecular weight is 341 g/mol. The molecule has 1 N–H and O–H groups in total. The van der Waals surface area contributed by atoms with Gasteiger partial charge in [-0.1, -0.05) is 12.8 Å². The van der Waals surface area contributed by atoms with E-state index in [4.69, 9.17) is 0 Å². The van der Waals surface area contributed by atoms with Gasteiger partial charge in [0.15, 0.2) is 0 Å². The van der Waals surface area contributed by atoms with E-state index < -0.39 is 23.9 Å². The molecule has 0 aromatic carbocycles. The largest absolute Gasteiger partial charge is 0.392 e. The van der Waals surface area contributed by atoms with Gasteiger partial charge in [-0.2, -0.15) is 13.2 Å². The van der Waals surface area contributed by atoms with Crippen molar-refractivity contribution in [3.05, 3.63) is 18.3 Å². The monoisotopic (exact) mass is 341 g/mol. The summed E-state index contributed by atoms with van der Waals surface area (Å²) in [5.74, 6) is -2.82. The predicted octanol–water partition coefficient (Wildman–Crippen LogP) is 3.99. The number of halogens is 3. The lowest BCUT2D eigenvalue weighted by molar-refractivity contribution is -0.197. The number of anilines is 2. The van der Waals surface area contributed by atoms with Crippen molar-refractivity contribution in [1.82, 2.24) is 4.98 Å². The van der Waals surface area contributed by atoms with E-state index in [9.17, 15) is 18.0 Å². The summed E-state index contributed by atoms with van der Waals surface area (Å²) in [5, 5.41) is 2.56. The molecule has 0 bridgehead atoms. The molecule has 1 aromatic heterocycles. The first-order chi connectivity index (χ1) is 11.4. The van der Waals surface area contributed by atoms with E-state index in [-0.39, 0.29) is 12.8 Å². The third-order valence-corrected chi connectivity index (χ3v) is 4.99. The zero-order valence-corrected chi connectivity index (χ0v) is 13.5. The van der Waals surface area contributed by atoms with E-state index in [1.807, 2.05) is 6.07 Å². The molecular weight excluding hydrogens is 319 g/mol. The molecule has 2 unspecified atom stereocenters.